The minimum atomic E-state index is -0.111. The van der Waals surface area contributed by atoms with Gasteiger partial charge in [0.25, 0.3) is 0 Å². The minimum absolute atomic E-state index is 0.0428. The van der Waals surface area contributed by atoms with Gasteiger partial charge in [-0.3, -0.25) is 4.79 Å². The molecule has 0 aliphatic carbocycles. The zero-order valence-electron chi connectivity index (χ0n) is 13.8. The maximum Gasteiger partial charge on any atom is 0.305 e. The molecule has 2 N–H and O–H groups in total. The predicted octanol–water partition coefficient (Wildman–Crippen LogP) is 4.11. The van der Waals surface area contributed by atoms with Crippen LogP contribution >= 0.6 is 0 Å². The van der Waals surface area contributed by atoms with Crippen molar-refractivity contribution in [2.24, 2.45) is 5.73 Å². The first-order valence-electron chi connectivity index (χ1n) is 7.86. The molecule has 0 saturated heterocycles. The Hall–Kier alpha value is -1.35. The van der Waals surface area contributed by atoms with E-state index in [0.29, 0.717) is 13.0 Å². The molecule has 0 spiro atoms. The van der Waals surface area contributed by atoms with Crippen LogP contribution in [0.15, 0.2) is 24.3 Å². The van der Waals surface area contributed by atoms with E-state index in [1.165, 1.54) is 11.1 Å². The molecule has 1 atom stereocenters. The van der Waals surface area contributed by atoms with E-state index in [0.717, 1.165) is 19.3 Å². The SMILES string of the molecule is CCOC(=O)CCCCC(N)c1ccc(C(C)(C)C)cc1. The van der Waals surface area contributed by atoms with E-state index >= 15 is 0 Å². The van der Waals surface area contributed by atoms with Gasteiger partial charge in [-0.1, -0.05) is 51.5 Å². The lowest BCUT2D eigenvalue weighted by Crippen LogP contribution is -2.13. The highest BCUT2D eigenvalue weighted by Gasteiger charge is 2.14. The van der Waals surface area contributed by atoms with Crippen LogP contribution in [0.4, 0.5) is 0 Å². The maximum atomic E-state index is 11.2. The Morgan fingerprint density at radius 1 is 1.19 bits per heavy atom. The zero-order valence-corrected chi connectivity index (χ0v) is 13.8. The lowest BCUT2D eigenvalue weighted by Gasteiger charge is -2.20. The van der Waals surface area contributed by atoms with Gasteiger partial charge in [0, 0.05) is 12.5 Å². The van der Waals surface area contributed by atoms with E-state index < -0.39 is 0 Å². The van der Waals surface area contributed by atoms with Gasteiger partial charge in [-0.2, -0.15) is 0 Å². The van der Waals surface area contributed by atoms with Gasteiger partial charge in [0.1, 0.15) is 0 Å². The topological polar surface area (TPSA) is 52.3 Å². The summed E-state index contributed by atoms with van der Waals surface area (Å²) in [5.41, 5.74) is 8.87. The number of benzene rings is 1. The van der Waals surface area contributed by atoms with Gasteiger partial charge in [0.15, 0.2) is 0 Å². The largest absolute Gasteiger partial charge is 0.466 e. The number of hydrogen-bond acceptors (Lipinski definition) is 3. The second-order valence-electron chi connectivity index (χ2n) is 6.53. The summed E-state index contributed by atoms with van der Waals surface area (Å²) in [5.74, 6) is -0.111. The smallest absolute Gasteiger partial charge is 0.305 e. The Morgan fingerprint density at radius 2 is 1.81 bits per heavy atom. The van der Waals surface area contributed by atoms with Gasteiger partial charge < -0.3 is 10.5 Å². The van der Waals surface area contributed by atoms with Crippen LogP contribution in [-0.2, 0) is 14.9 Å². The summed E-state index contributed by atoms with van der Waals surface area (Å²) in [6.07, 6.45) is 3.17. The van der Waals surface area contributed by atoms with Gasteiger partial charge in [-0.05, 0) is 36.3 Å². The molecule has 1 rings (SSSR count). The fourth-order valence-corrected chi connectivity index (χ4v) is 2.26. The number of unbranched alkanes of at least 4 members (excludes halogenated alkanes) is 1. The van der Waals surface area contributed by atoms with Crippen LogP contribution in [0, 0.1) is 0 Å². The quantitative estimate of drug-likeness (QED) is 0.607. The van der Waals surface area contributed by atoms with E-state index in [9.17, 15) is 4.79 Å². The van der Waals surface area contributed by atoms with Crippen molar-refractivity contribution in [3.05, 3.63) is 35.4 Å². The van der Waals surface area contributed by atoms with Gasteiger partial charge in [0.2, 0.25) is 0 Å². The van der Waals surface area contributed by atoms with Crippen molar-refractivity contribution >= 4 is 5.97 Å². The van der Waals surface area contributed by atoms with Crippen molar-refractivity contribution in [2.75, 3.05) is 6.61 Å². The molecule has 0 saturated carbocycles. The third kappa shape index (κ3) is 6.30. The van der Waals surface area contributed by atoms with Gasteiger partial charge in [-0.15, -0.1) is 0 Å². The third-order valence-electron chi connectivity index (χ3n) is 3.66. The monoisotopic (exact) mass is 291 g/mol. The van der Waals surface area contributed by atoms with Crippen LogP contribution < -0.4 is 5.73 Å². The summed E-state index contributed by atoms with van der Waals surface area (Å²) < 4.78 is 4.91. The number of carbonyl (C=O) groups excluding carboxylic acids is 1. The van der Waals surface area contributed by atoms with Crippen LogP contribution in [0.2, 0.25) is 0 Å². The Balaban J connectivity index is 2.38. The Labute approximate surface area is 128 Å². The molecule has 3 heteroatoms. The number of nitrogens with two attached hydrogens (primary N) is 1. The first kappa shape index (κ1) is 17.7. The highest BCUT2D eigenvalue weighted by Crippen LogP contribution is 2.24. The van der Waals surface area contributed by atoms with Crippen molar-refractivity contribution in [1.29, 1.82) is 0 Å². The molecule has 0 bridgehead atoms. The summed E-state index contributed by atoms with van der Waals surface area (Å²) in [6.45, 7) is 8.90. The molecule has 3 nitrogen and oxygen atoms in total. The van der Waals surface area contributed by atoms with E-state index in [2.05, 4.69) is 45.0 Å². The predicted molar refractivity (Wildman–Crippen MR) is 87.2 cm³/mol. The van der Waals surface area contributed by atoms with Crippen LogP contribution in [0.25, 0.3) is 0 Å². The molecule has 1 unspecified atom stereocenters. The highest BCUT2D eigenvalue weighted by atomic mass is 16.5. The van der Waals surface area contributed by atoms with Crippen LogP contribution in [-0.4, -0.2) is 12.6 Å². The van der Waals surface area contributed by atoms with Crippen LogP contribution in [0.5, 0.6) is 0 Å². The minimum Gasteiger partial charge on any atom is -0.466 e. The first-order chi connectivity index (χ1) is 9.84. The second kappa shape index (κ2) is 8.18. The molecule has 1 aromatic rings. The van der Waals surface area contributed by atoms with Gasteiger partial charge in [-0.25, -0.2) is 0 Å². The molecule has 0 heterocycles. The molecule has 0 amide bonds. The van der Waals surface area contributed by atoms with Gasteiger partial charge >= 0.3 is 5.97 Å². The molecule has 0 aromatic heterocycles. The van der Waals surface area contributed by atoms with Crippen molar-refractivity contribution in [3.63, 3.8) is 0 Å². The average molecular weight is 291 g/mol. The lowest BCUT2D eigenvalue weighted by molar-refractivity contribution is -0.143. The highest BCUT2D eigenvalue weighted by molar-refractivity contribution is 5.69. The summed E-state index contributed by atoms with van der Waals surface area (Å²) in [4.78, 5) is 11.2. The second-order valence-corrected chi connectivity index (χ2v) is 6.53. The molecule has 0 radical (unpaired) electrons. The average Bonchev–Trinajstić information content (AvgIpc) is 2.43. The lowest BCUT2D eigenvalue weighted by atomic mass is 9.86. The normalized spacial score (nSPS) is 13.0. The number of carbonyl (C=O) groups is 1. The zero-order chi connectivity index (χ0) is 15.9. The number of hydrogen-bond donors (Lipinski definition) is 1. The summed E-state index contributed by atoms with van der Waals surface area (Å²) in [5, 5.41) is 0. The first-order valence-corrected chi connectivity index (χ1v) is 7.86. The summed E-state index contributed by atoms with van der Waals surface area (Å²) in [6, 6.07) is 8.61. The molecule has 0 aliphatic heterocycles. The molecular weight excluding hydrogens is 262 g/mol. The number of esters is 1. The van der Waals surface area contributed by atoms with E-state index in [1.54, 1.807) is 0 Å². The fraction of sp³-hybridized carbons (Fsp3) is 0.611. The fourth-order valence-electron chi connectivity index (χ4n) is 2.26. The molecule has 1 aromatic carbocycles. The maximum absolute atomic E-state index is 11.2. The standard InChI is InChI=1S/C18H29NO2/c1-5-21-17(20)9-7-6-8-16(19)14-10-12-15(13-11-14)18(2,3)4/h10-13,16H,5-9,19H2,1-4H3. The molecule has 0 fully saturated rings. The van der Waals surface area contributed by atoms with Gasteiger partial charge in [0.05, 0.1) is 6.61 Å². The molecular formula is C18H29NO2. The van der Waals surface area contributed by atoms with Crippen LogP contribution in [0.3, 0.4) is 0 Å². The third-order valence-corrected chi connectivity index (χ3v) is 3.66. The summed E-state index contributed by atoms with van der Waals surface area (Å²) >= 11 is 0. The molecule has 21 heavy (non-hydrogen) atoms. The summed E-state index contributed by atoms with van der Waals surface area (Å²) in [7, 11) is 0. The van der Waals surface area contributed by atoms with E-state index in [1.807, 2.05) is 6.92 Å². The number of ether oxygens (including phenoxy) is 1. The Bertz CT molecular complexity index is 432. The van der Waals surface area contributed by atoms with Crippen molar-refractivity contribution in [2.45, 2.75) is 64.8 Å². The van der Waals surface area contributed by atoms with Crippen molar-refractivity contribution in [3.8, 4) is 0 Å². The van der Waals surface area contributed by atoms with Crippen molar-refractivity contribution in [1.82, 2.24) is 0 Å². The van der Waals surface area contributed by atoms with Crippen LogP contribution in [0.1, 0.15) is 70.5 Å². The molecule has 0 aliphatic rings. The van der Waals surface area contributed by atoms with E-state index in [-0.39, 0.29) is 17.4 Å². The Kier molecular flexibility index (Phi) is 6.90. The van der Waals surface area contributed by atoms with E-state index in [4.69, 9.17) is 10.5 Å². The molecule has 118 valence electrons. The van der Waals surface area contributed by atoms with Crippen molar-refractivity contribution < 1.29 is 9.53 Å². The Morgan fingerprint density at radius 3 is 2.33 bits per heavy atom. The number of rotatable bonds is 7.